The Bertz CT molecular complexity index is 591. The molecule has 0 saturated heterocycles. The topological polar surface area (TPSA) is 28.4 Å². The lowest BCUT2D eigenvalue weighted by atomic mass is 10.1. The molecule has 2 aromatic rings. The normalized spacial score (nSPS) is 11.3. The van der Waals surface area contributed by atoms with Crippen LogP contribution in [-0.2, 0) is 6.54 Å². The summed E-state index contributed by atoms with van der Waals surface area (Å²) in [5.41, 5.74) is 2.36. The third-order valence-electron chi connectivity index (χ3n) is 3.91. The van der Waals surface area contributed by atoms with Crippen LogP contribution < -0.4 is 5.32 Å². The fourth-order valence-electron chi connectivity index (χ4n) is 2.51. The lowest BCUT2D eigenvalue weighted by Crippen LogP contribution is -2.31. The molecule has 0 aliphatic rings. The van der Waals surface area contributed by atoms with Gasteiger partial charge in [0.05, 0.1) is 6.54 Å². The average Bonchev–Trinajstić information content (AvgIpc) is 2.96. The quantitative estimate of drug-likeness (QED) is 0.701. The first-order valence-electron chi connectivity index (χ1n) is 7.92. The SMILES string of the molecule is CCN(CC)CCNCc1ccc(-c2ccc(Br)cc2C)o1. The van der Waals surface area contributed by atoms with Gasteiger partial charge in [-0.2, -0.15) is 0 Å². The van der Waals surface area contributed by atoms with Crippen molar-refractivity contribution in [3.8, 4) is 11.3 Å². The molecule has 1 N–H and O–H groups in total. The maximum atomic E-state index is 5.96. The largest absolute Gasteiger partial charge is 0.460 e. The second kappa shape index (κ2) is 8.51. The number of benzene rings is 1. The number of aryl methyl sites for hydroxylation is 1. The van der Waals surface area contributed by atoms with E-state index in [0.29, 0.717) is 0 Å². The molecule has 0 aliphatic heterocycles. The lowest BCUT2D eigenvalue weighted by Gasteiger charge is -2.17. The van der Waals surface area contributed by atoms with E-state index in [2.05, 4.69) is 71.2 Å². The molecule has 0 amide bonds. The van der Waals surface area contributed by atoms with E-state index in [1.165, 1.54) is 5.56 Å². The highest BCUT2D eigenvalue weighted by Crippen LogP contribution is 2.27. The summed E-state index contributed by atoms with van der Waals surface area (Å²) in [6.45, 7) is 11.5. The first-order valence-corrected chi connectivity index (χ1v) is 8.71. The molecule has 120 valence electrons. The molecule has 4 heteroatoms. The van der Waals surface area contributed by atoms with Crippen LogP contribution in [-0.4, -0.2) is 31.1 Å². The van der Waals surface area contributed by atoms with Crippen LogP contribution in [0.4, 0.5) is 0 Å². The minimum Gasteiger partial charge on any atom is -0.460 e. The number of nitrogens with zero attached hydrogens (tertiary/aromatic N) is 1. The summed E-state index contributed by atoms with van der Waals surface area (Å²) in [4.78, 5) is 2.41. The van der Waals surface area contributed by atoms with E-state index in [-0.39, 0.29) is 0 Å². The Hall–Kier alpha value is -1.10. The number of likely N-dealkylation sites (N-methyl/N-ethyl adjacent to an activating group) is 1. The van der Waals surface area contributed by atoms with E-state index in [1.54, 1.807) is 0 Å². The molecule has 0 fully saturated rings. The number of halogens is 1. The van der Waals surface area contributed by atoms with Crippen LogP contribution in [0.5, 0.6) is 0 Å². The molecule has 0 bridgehead atoms. The van der Waals surface area contributed by atoms with Crippen molar-refractivity contribution in [1.82, 2.24) is 10.2 Å². The standard InChI is InChI=1S/C18H25BrN2O/c1-4-21(5-2)11-10-20-13-16-7-9-18(22-16)17-8-6-15(19)12-14(17)3/h6-9,12,20H,4-5,10-11,13H2,1-3H3. The summed E-state index contributed by atoms with van der Waals surface area (Å²) >= 11 is 3.49. The van der Waals surface area contributed by atoms with Crippen molar-refractivity contribution in [2.75, 3.05) is 26.2 Å². The third-order valence-corrected chi connectivity index (χ3v) is 4.41. The van der Waals surface area contributed by atoms with Crippen molar-refractivity contribution in [2.45, 2.75) is 27.3 Å². The van der Waals surface area contributed by atoms with Gasteiger partial charge < -0.3 is 14.6 Å². The monoisotopic (exact) mass is 364 g/mol. The maximum Gasteiger partial charge on any atom is 0.134 e. The Labute approximate surface area is 141 Å². The molecule has 1 heterocycles. The lowest BCUT2D eigenvalue weighted by molar-refractivity contribution is 0.300. The van der Waals surface area contributed by atoms with Gasteiger partial charge in [-0.25, -0.2) is 0 Å². The van der Waals surface area contributed by atoms with Gasteiger partial charge >= 0.3 is 0 Å². The average molecular weight is 365 g/mol. The predicted molar refractivity (Wildman–Crippen MR) is 96.1 cm³/mol. The molecule has 0 spiro atoms. The van der Waals surface area contributed by atoms with Gasteiger partial charge in [-0.1, -0.05) is 29.8 Å². The van der Waals surface area contributed by atoms with E-state index in [9.17, 15) is 0 Å². The van der Waals surface area contributed by atoms with Gasteiger partial charge in [-0.3, -0.25) is 0 Å². The summed E-state index contributed by atoms with van der Waals surface area (Å²) in [5.74, 6) is 1.92. The minimum atomic E-state index is 0.775. The van der Waals surface area contributed by atoms with Gasteiger partial charge in [0.1, 0.15) is 11.5 Å². The highest BCUT2D eigenvalue weighted by Gasteiger charge is 2.08. The Morgan fingerprint density at radius 1 is 1.14 bits per heavy atom. The van der Waals surface area contributed by atoms with Gasteiger partial charge in [0.15, 0.2) is 0 Å². The van der Waals surface area contributed by atoms with Crippen molar-refractivity contribution in [1.29, 1.82) is 0 Å². The number of rotatable bonds is 8. The summed E-state index contributed by atoms with van der Waals surface area (Å²) in [6, 6.07) is 10.4. The highest BCUT2D eigenvalue weighted by molar-refractivity contribution is 9.10. The van der Waals surface area contributed by atoms with E-state index in [0.717, 1.165) is 54.3 Å². The van der Waals surface area contributed by atoms with Crippen LogP contribution in [0.15, 0.2) is 39.2 Å². The Morgan fingerprint density at radius 2 is 1.91 bits per heavy atom. The zero-order valence-corrected chi connectivity index (χ0v) is 15.2. The molecule has 1 aromatic carbocycles. The molecular formula is C18H25BrN2O. The van der Waals surface area contributed by atoms with Crippen molar-refractivity contribution in [2.24, 2.45) is 0 Å². The van der Waals surface area contributed by atoms with E-state index < -0.39 is 0 Å². The van der Waals surface area contributed by atoms with Crippen molar-refractivity contribution in [3.05, 3.63) is 46.1 Å². The van der Waals surface area contributed by atoms with Crippen LogP contribution in [0.1, 0.15) is 25.2 Å². The van der Waals surface area contributed by atoms with Crippen LogP contribution in [0.3, 0.4) is 0 Å². The summed E-state index contributed by atoms with van der Waals surface area (Å²) in [7, 11) is 0. The predicted octanol–water partition coefficient (Wildman–Crippen LogP) is 4.45. The smallest absolute Gasteiger partial charge is 0.134 e. The molecular weight excluding hydrogens is 340 g/mol. The third kappa shape index (κ3) is 4.70. The van der Waals surface area contributed by atoms with Crippen LogP contribution >= 0.6 is 15.9 Å². The molecule has 0 atom stereocenters. The van der Waals surface area contributed by atoms with Crippen molar-refractivity contribution >= 4 is 15.9 Å². The van der Waals surface area contributed by atoms with Gasteiger partial charge in [0.2, 0.25) is 0 Å². The molecule has 1 aromatic heterocycles. The van der Waals surface area contributed by atoms with Crippen LogP contribution in [0, 0.1) is 6.92 Å². The zero-order valence-electron chi connectivity index (χ0n) is 13.7. The molecule has 0 unspecified atom stereocenters. The Balaban J connectivity index is 1.89. The molecule has 2 rings (SSSR count). The zero-order chi connectivity index (χ0) is 15.9. The van der Waals surface area contributed by atoms with Gasteiger partial charge in [0.25, 0.3) is 0 Å². The highest BCUT2D eigenvalue weighted by atomic mass is 79.9. The minimum absolute atomic E-state index is 0.775. The second-order valence-electron chi connectivity index (χ2n) is 5.43. The van der Waals surface area contributed by atoms with Gasteiger partial charge in [-0.05, 0) is 55.9 Å². The summed E-state index contributed by atoms with van der Waals surface area (Å²) < 4.78 is 7.05. The number of furan rings is 1. The van der Waals surface area contributed by atoms with Crippen molar-refractivity contribution in [3.63, 3.8) is 0 Å². The summed E-state index contributed by atoms with van der Waals surface area (Å²) in [5, 5.41) is 3.45. The van der Waals surface area contributed by atoms with Crippen LogP contribution in [0.25, 0.3) is 11.3 Å². The van der Waals surface area contributed by atoms with Crippen LogP contribution in [0.2, 0.25) is 0 Å². The fourth-order valence-corrected chi connectivity index (χ4v) is 2.99. The van der Waals surface area contributed by atoms with Gasteiger partial charge in [0, 0.05) is 23.1 Å². The number of nitrogens with one attached hydrogen (secondary N) is 1. The number of hydrogen-bond donors (Lipinski definition) is 1. The van der Waals surface area contributed by atoms with E-state index >= 15 is 0 Å². The molecule has 3 nitrogen and oxygen atoms in total. The Morgan fingerprint density at radius 3 is 2.59 bits per heavy atom. The summed E-state index contributed by atoms with van der Waals surface area (Å²) in [6.07, 6.45) is 0. The first-order chi connectivity index (χ1) is 10.6. The van der Waals surface area contributed by atoms with Gasteiger partial charge in [-0.15, -0.1) is 0 Å². The van der Waals surface area contributed by atoms with Crippen molar-refractivity contribution < 1.29 is 4.42 Å². The molecule has 0 aliphatic carbocycles. The maximum absolute atomic E-state index is 5.96. The first kappa shape index (κ1) is 17.3. The van der Waals surface area contributed by atoms with E-state index in [4.69, 9.17) is 4.42 Å². The molecule has 0 radical (unpaired) electrons. The molecule has 0 saturated carbocycles. The Kier molecular flexibility index (Phi) is 6.68. The second-order valence-corrected chi connectivity index (χ2v) is 6.34. The van der Waals surface area contributed by atoms with E-state index in [1.807, 2.05) is 6.07 Å². The molecule has 22 heavy (non-hydrogen) atoms. The fraction of sp³-hybridized carbons (Fsp3) is 0.444. The number of hydrogen-bond acceptors (Lipinski definition) is 3.